The summed E-state index contributed by atoms with van der Waals surface area (Å²) in [7, 11) is 3.15. The predicted molar refractivity (Wildman–Crippen MR) is 117 cm³/mol. The molecule has 1 fully saturated rings. The van der Waals surface area contributed by atoms with Crippen LogP contribution in [0.15, 0.2) is 47.4 Å². The minimum absolute atomic E-state index is 0.142. The maximum Gasteiger partial charge on any atom is 0.336 e. The van der Waals surface area contributed by atoms with Crippen LogP contribution in [0.2, 0.25) is 0 Å². The molecule has 0 aliphatic carbocycles. The van der Waals surface area contributed by atoms with E-state index in [1.54, 1.807) is 38.5 Å². The Kier molecular flexibility index (Phi) is 6.56. The first-order chi connectivity index (χ1) is 13.9. The van der Waals surface area contributed by atoms with E-state index < -0.39 is 5.97 Å². The summed E-state index contributed by atoms with van der Waals surface area (Å²) in [5.41, 5.74) is 1.60. The summed E-state index contributed by atoms with van der Waals surface area (Å²) >= 11 is 6.54. The van der Waals surface area contributed by atoms with Gasteiger partial charge in [0, 0.05) is 6.54 Å². The van der Waals surface area contributed by atoms with Crippen molar-refractivity contribution in [2.75, 3.05) is 20.8 Å². The van der Waals surface area contributed by atoms with Crippen molar-refractivity contribution in [3.8, 4) is 11.5 Å². The molecule has 2 aromatic carbocycles. The van der Waals surface area contributed by atoms with E-state index in [1.165, 1.54) is 22.7 Å². The maximum absolute atomic E-state index is 12.8. The van der Waals surface area contributed by atoms with Crippen LogP contribution < -0.4 is 9.47 Å². The summed E-state index contributed by atoms with van der Waals surface area (Å²) in [6.45, 7) is 0.415. The van der Waals surface area contributed by atoms with Crippen LogP contribution in [0, 0.1) is 0 Å². The molecule has 150 valence electrons. The van der Waals surface area contributed by atoms with Crippen LogP contribution in [0.3, 0.4) is 0 Å². The second-order valence-corrected chi connectivity index (χ2v) is 7.84. The van der Waals surface area contributed by atoms with E-state index in [9.17, 15) is 14.7 Å². The molecule has 0 aromatic heterocycles. The molecule has 1 saturated heterocycles. The van der Waals surface area contributed by atoms with Crippen molar-refractivity contribution >= 4 is 46.3 Å². The van der Waals surface area contributed by atoms with E-state index in [2.05, 4.69) is 0 Å². The Labute approximate surface area is 178 Å². The first-order valence-electron chi connectivity index (χ1n) is 8.73. The molecule has 0 radical (unpaired) electrons. The summed E-state index contributed by atoms with van der Waals surface area (Å²) < 4.78 is 11.0. The highest BCUT2D eigenvalue weighted by molar-refractivity contribution is 8.26. The lowest BCUT2D eigenvalue weighted by atomic mass is 10.1. The van der Waals surface area contributed by atoms with Crippen molar-refractivity contribution in [1.82, 2.24) is 4.90 Å². The van der Waals surface area contributed by atoms with Gasteiger partial charge in [0.1, 0.15) is 4.32 Å². The average molecular weight is 430 g/mol. The normalized spacial score (nSPS) is 15.1. The number of hydrogen-bond acceptors (Lipinski definition) is 6. The third kappa shape index (κ3) is 4.60. The summed E-state index contributed by atoms with van der Waals surface area (Å²) in [5.74, 6) is 0.00361. The Morgan fingerprint density at radius 3 is 2.59 bits per heavy atom. The minimum atomic E-state index is -1.04. The number of methoxy groups -OCH3 is 2. The highest BCUT2D eigenvalue weighted by atomic mass is 32.2. The molecule has 0 spiro atoms. The third-order valence-corrected chi connectivity index (χ3v) is 5.80. The molecule has 8 heteroatoms. The number of carbonyl (C=O) groups excluding carboxylic acids is 1. The highest BCUT2D eigenvalue weighted by Gasteiger charge is 2.32. The first kappa shape index (κ1) is 20.9. The number of aromatic carboxylic acids is 1. The third-order valence-electron chi connectivity index (χ3n) is 4.42. The zero-order chi connectivity index (χ0) is 21.0. The number of benzene rings is 2. The van der Waals surface area contributed by atoms with Crippen molar-refractivity contribution in [2.45, 2.75) is 6.42 Å². The number of thiocarbonyl (C=S) groups is 1. The zero-order valence-electron chi connectivity index (χ0n) is 15.9. The molecule has 1 aliphatic rings. The number of thioether (sulfide) groups is 1. The molecule has 3 rings (SSSR count). The van der Waals surface area contributed by atoms with Gasteiger partial charge < -0.3 is 14.6 Å². The largest absolute Gasteiger partial charge is 0.493 e. The molecule has 1 aliphatic heterocycles. The molecule has 0 atom stereocenters. The SMILES string of the molecule is COc1ccc(CCN2C(=O)/C(=C/c3ccccc3C(=O)O)SC2=S)cc1OC. The van der Waals surface area contributed by atoms with Gasteiger partial charge >= 0.3 is 5.97 Å². The Bertz CT molecular complexity index is 1000. The van der Waals surface area contributed by atoms with Gasteiger partial charge in [-0.15, -0.1) is 0 Å². The monoisotopic (exact) mass is 429 g/mol. The maximum atomic E-state index is 12.8. The molecule has 0 saturated carbocycles. The smallest absolute Gasteiger partial charge is 0.336 e. The van der Waals surface area contributed by atoms with Gasteiger partial charge in [-0.2, -0.15) is 0 Å². The molecular formula is C21H19NO5S2. The lowest BCUT2D eigenvalue weighted by molar-refractivity contribution is -0.122. The van der Waals surface area contributed by atoms with E-state index in [1.807, 2.05) is 18.2 Å². The van der Waals surface area contributed by atoms with Crippen molar-refractivity contribution < 1.29 is 24.2 Å². The molecule has 1 amide bonds. The second kappa shape index (κ2) is 9.11. The van der Waals surface area contributed by atoms with Crippen LogP contribution in [-0.4, -0.2) is 47.0 Å². The number of carbonyl (C=O) groups is 2. The second-order valence-electron chi connectivity index (χ2n) is 6.17. The average Bonchev–Trinajstić information content (AvgIpc) is 2.99. The summed E-state index contributed by atoms with van der Waals surface area (Å²) in [6, 6.07) is 12.2. The van der Waals surface area contributed by atoms with Crippen LogP contribution in [0.1, 0.15) is 21.5 Å². The molecular weight excluding hydrogens is 410 g/mol. The van der Waals surface area contributed by atoms with Gasteiger partial charge in [-0.3, -0.25) is 9.69 Å². The Morgan fingerprint density at radius 2 is 1.90 bits per heavy atom. The van der Waals surface area contributed by atoms with Crippen LogP contribution in [0.4, 0.5) is 0 Å². The summed E-state index contributed by atoms with van der Waals surface area (Å²) in [6.07, 6.45) is 2.17. The van der Waals surface area contributed by atoms with Crippen LogP contribution >= 0.6 is 24.0 Å². The van der Waals surface area contributed by atoms with Gasteiger partial charge in [0.2, 0.25) is 0 Å². The highest BCUT2D eigenvalue weighted by Crippen LogP contribution is 2.34. The van der Waals surface area contributed by atoms with E-state index in [4.69, 9.17) is 21.7 Å². The minimum Gasteiger partial charge on any atom is -0.493 e. The Hall–Kier alpha value is -2.84. The first-order valence-corrected chi connectivity index (χ1v) is 9.95. The molecule has 0 unspecified atom stereocenters. The lowest BCUT2D eigenvalue weighted by Gasteiger charge is -2.15. The van der Waals surface area contributed by atoms with Gasteiger partial charge in [0.25, 0.3) is 5.91 Å². The molecule has 1 heterocycles. The van der Waals surface area contributed by atoms with Crippen LogP contribution in [0.5, 0.6) is 11.5 Å². The fourth-order valence-corrected chi connectivity index (χ4v) is 4.23. The van der Waals surface area contributed by atoms with E-state index >= 15 is 0 Å². The van der Waals surface area contributed by atoms with Crippen LogP contribution in [0.25, 0.3) is 6.08 Å². The number of carboxylic acid groups (broad SMARTS) is 1. The molecule has 6 nitrogen and oxygen atoms in total. The van der Waals surface area contributed by atoms with E-state index in [0.29, 0.717) is 39.3 Å². The predicted octanol–water partition coefficient (Wildman–Crippen LogP) is 3.85. The zero-order valence-corrected chi connectivity index (χ0v) is 17.5. The number of rotatable bonds is 7. The van der Waals surface area contributed by atoms with Gasteiger partial charge in [0.15, 0.2) is 11.5 Å². The molecule has 29 heavy (non-hydrogen) atoms. The number of carboxylic acids is 1. The Balaban J connectivity index is 1.76. The van der Waals surface area contributed by atoms with Gasteiger partial charge in [0.05, 0.1) is 24.7 Å². The Morgan fingerprint density at radius 1 is 1.17 bits per heavy atom. The molecule has 1 N–H and O–H groups in total. The number of amides is 1. The van der Waals surface area contributed by atoms with Crippen molar-refractivity contribution in [3.63, 3.8) is 0 Å². The van der Waals surface area contributed by atoms with Gasteiger partial charge in [-0.05, 0) is 41.8 Å². The van der Waals surface area contributed by atoms with Crippen LogP contribution in [-0.2, 0) is 11.2 Å². The number of hydrogen-bond donors (Lipinski definition) is 1. The fraction of sp³-hybridized carbons (Fsp3) is 0.190. The van der Waals surface area contributed by atoms with E-state index in [-0.39, 0.29) is 11.5 Å². The van der Waals surface area contributed by atoms with E-state index in [0.717, 1.165) is 5.56 Å². The topological polar surface area (TPSA) is 76.1 Å². The van der Waals surface area contributed by atoms with Crippen molar-refractivity contribution in [1.29, 1.82) is 0 Å². The van der Waals surface area contributed by atoms with Crippen molar-refractivity contribution in [3.05, 3.63) is 64.1 Å². The number of ether oxygens (including phenoxy) is 2. The fourth-order valence-electron chi connectivity index (χ4n) is 2.93. The van der Waals surface area contributed by atoms with Gasteiger partial charge in [-0.25, -0.2) is 4.79 Å². The standard InChI is InChI=1S/C21H19NO5S2/c1-26-16-8-7-13(11-17(16)27-2)9-10-22-19(23)18(29-21(22)28)12-14-5-3-4-6-15(14)20(24)25/h3-8,11-12H,9-10H2,1-2H3,(H,24,25)/b18-12-. The molecule has 0 bridgehead atoms. The number of nitrogens with zero attached hydrogens (tertiary/aromatic N) is 1. The molecule has 2 aromatic rings. The summed E-state index contributed by atoms with van der Waals surface area (Å²) in [5, 5.41) is 9.32. The lowest BCUT2D eigenvalue weighted by Crippen LogP contribution is -2.30. The quantitative estimate of drug-likeness (QED) is 0.529. The summed E-state index contributed by atoms with van der Waals surface area (Å²) in [4.78, 5) is 26.1. The van der Waals surface area contributed by atoms with Gasteiger partial charge in [-0.1, -0.05) is 48.2 Å². The van der Waals surface area contributed by atoms with Crippen molar-refractivity contribution in [2.24, 2.45) is 0 Å².